The fourth-order valence-corrected chi connectivity index (χ4v) is 2.85. The zero-order valence-corrected chi connectivity index (χ0v) is 15.1. The molecular weight excluding hydrogens is 322 g/mol. The molecule has 1 aromatic heterocycles. The van der Waals surface area contributed by atoms with E-state index in [4.69, 9.17) is 0 Å². The van der Waals surface area contributed by atoms with Crippen molar-refractivity contribution in [3.05, 3.63) is 89.2 Å². The molecule has 0 aliphatic carbocycles. The highest BCUT2D eigenvalue weighted by Crippen LogP contribution is 2.25. The molecular formula is C22H23N3O. The lowest BCUT2D eigenvalue weighted by atomic mass is 10.1. The number of hydrogen-bond donors (Lipinski definition) is 2. The minimum atomic E-state index is -0.182. The Labute approximate surface area is 154 Å². The van der Waals surface area contributed by atoms with Gasteiger partial charge >= 0.3 is 0 Å². The summed E-state index contributed by atoms with van der Waals surface area (Å²) in [6.45, 7) is 4.70. The quantitative estimate of drug-likeness (QED) is 0.685. The third kappa shape index (κ3) is 4.28. The van der Waals surface area contributed by atoms with Gasteiger partial charge in [0.25, 0.3) is 5.91 Å². The van der Waals surface area contributed by atoms with Crippen molar-refractivity contribution in [1.82, 2.24) is 10.3 Å². The summed E-state index contributed by atoms with van der Waals surface area (Å²) in [4.78, 5) is 16.6. The minimum Gasteiger partial charge on any atom is -0.355 e. The Morgan fingerprint density at radius 3 is 2.62 bits per heavy atom. The van der Waals surface area contributed by atoms with Crippen LogP contribution in [-0.2, 0) is 13.0 Å². The second-order valence-corrected chi connectivity index (χ2v) is 6.19. The van der Waals surface area contributed by atoms with Crippen LogP contribution in [0.2, 0.25) is 0 Å². The number of pyridine rings is 1. The normalized spacial score (nSPS) is 10.4. The number of aromatic nitrogens is 1. The molecule has 4 heteroatoms. The average molecular weight is 345 g/mol. The fourth-order valence-electron chi connectivity index (χ4n) is 2.85. The Balaban J connectivity index is 1.73. The van der Waals surface area contributed by atoms with Gasteiger partial charge in [-0.15, -0.1) is 0 Å². The van der Waals surface area contributed by atoms with Crippen LogP contribution in [0.25, 0.3) is 0 Å². The van der Waals surface area contributed by atoms with E-state index in [9.17, 15) is 4.79 Å². The number of benzene rings is 2. The third-order valence-corrected chi connectivity index (χ3v) is 4.30. The van der Waals surface area contributed by atoms with Crippen molar-refractivity contribution in [3.8, 4) is 0 Å². The first-order valence-electron chi connectivity index (χ1n) is 8.81. The topological polar surface area (TPSA) is 54.0 Å². The zero-order chi connectivity index (χ0) is 18.4. The van der Waals surface area contributed by atoms with E-state index < -0.39 is 0 Å². The summed E-state index contributed by atoms with van der Waals surface area (Å²) in [5.41, 5.74) is 5.83. The number of aryl methyl sites for hydroxylation is 2. The van der Waals surface area contributed by atoms with Crippen LogP contribution in [-0.4, -0.2) is 10.9 Å². The van der Waals surface area contributed by atoms with Crippen LogP contribution in [0.3, 0.4) is 0 Å². The Morgan fingerprint density at radius 2 is 1.85 bits per heavy atom. The molecule has 1 heterocycles. The molecule has 0 aliphatic heterocycles. The van der Waals surface area contributed by atoms with Crippen LogP contribution in [0.4, 0.5) is 11.4 Å². The number of hydrogen-bond acceptors (Lipinski definition) is 3. The molecule has 2 aromatic carbocycles. The number of anilines is 2. The van der Waals surface area contributed by atoms with Crippen molar-refractivity contribution in [2.24, 2.45) is 0 Å². The highest BCUT2D eigenvalue weighted by atomic mass is 16.1. The summed E-state index contributed by atoms with van der Waals surface area (Å²) in [7, 11) is 0. The maximum absolute atomic E-state index is 12.4. The van der Waals surface area contributed by atoms with Crippen molar-refractivity contribution in [2.75, 3.05) is 5.32 Å². The molecule has 2 N–H and O–H groups in total. The van der Waals surface area contributed by atoms with Crippen molar-refractivity contribution in [2.45, 2.75) is 26.8 Å². The molecule has 0 radical (unpaired) electrons. The Bertz CT molecular complexity index is 891. The lowest BCUT2D eigenvalue weighted by Gasteiger charge is -2.14. The third-order valence-electron chi connectivity index (χ3n) is 4.30. The van der Waals surface area contributed by atoms with Crippen molar-refractivity contribution in [3.63, 3.8) is 0 Å². The number of carbonyl (C=O) groups excluding carboxylic acids is 1. The van der Waals surface area contributed by atoms with Gasteiger partial charge in [-0.25, -0.2) is 0 Å². The SMILES string of the molecule is CCc1cccc(C)c1Nc1ccnc(C(=O)NCc2ccccc2)c1. The zero-order valence-electron chi connectivity index (χ0n) is 15.1. The van der Waals surface area contributed by atoms with Gasteiger partial charge in [-0.1, -0.05) is 55.5 Å². The van der Waals surface area contributed by atoms with E-state index in [0.717, 1.165) is 23.4 Å². The van der Waals surface area contributed by atoms with E-state index >= 15 is 0 Å². The molecule has 4 nitrogen and oxygen atoms in total. The summed E-state index contributed by atoms with van der Waals surface area (Å²) in [6.07, 6.45) is 2.60. The standard InChI is InChI=1S/C22H23N3O/c1-3-18-11-7-8-16(2)21(18)25-19-12-13-23-20(14-19)22(26)24-15-17-9-5-4-6-10-17/h4-14H,3,15H2,1-2H3,(H,23,25)(H,24,26). The van der Waals surface area contributed by atoms with E-state index in [0.29, 0.717) is 12.2 Å². The van der Waals surface area contributed by atoms with E-state index in [2.05, 4.69) is 47.7 Å². The second kappa shape index (κ2) is 8.30. The predicted molar refractivity (Wildman–Crippen MR) is 106 cm³/mol. The molecule has 3 rings (SSSR count). The molecule has 26 heavy (non-hydrogen) atoms. The second-order valence-electron chi connectivity index (χ2n) is 6.19. The number of nitrogens with one attached hydrogen (secondary N) is 2. The van der Waals surface area contributed by atoms with E-state index in [1.165, 1.54) is 11.1 Å². The summed E-state index contributed by atoms with van der Waals surface area (Å²) in [5, 5.41) is 6.35. The summed E-state index contributed by atoms with van der Waals surface area (Å²) >= 11 is 0. The van der Waals surface area contributed by atoms with Crippen LogP contribution >= 0.6 is 0 Å². The van der Waals surface area contributed by atoms with Gasteiger partial charge in [0.2, 0.25) is 0 Å². The largest absolute Gasteiger partial charge is 0.355 e. The first-order valence-corrected chi connectivity index (χ1v) is 8.81. The molecule has 0 unspecified atom stereocenters. The number of carbonyl (C=O) groups is 1. The summed E-state index contributed by atoms with van der Waals surface area (Å²) < 4.78 is 0. The fraction of sp³-hybridized carbons (Fsp3) is 0.182. The average Bonchev–Trinajstić information content (AvgIpc) is 2.68. The van der Waals surface area contributed by atoms with Gasteiger partial charge in [0.15, 0.2) is 0 Å². The van der Waals surface area contributed by atoms with E-state index in [1.807, 2.05) is 36.4 Å². The number of rotatable bonds is 6. The van der Waals surface area contributed by atoms with Crippen molar-refractivity contribution < 1.29 is 4.79 Å². The first-order chi connectivity index (χ1) is 12.7. The van der Waals surface area contributed by atoms with Crippen LogP contribution < -0.4 is 10.6 Å². The lowest BCUT2D eigenvalue weighted by molar-refractivity contribution is 0.0946. The Hall–Kier alpha value is -3.14. The Kier molecular flexibility index (Phi) is 5.64. The molecule has 0 atom stereocenters. The lowest BCUT2D eigenvalue weighted by Crippen LogP contribution is -2.23. The minimum absolute atomic E-state index is 0.182. The van der Waals surface area contributed by atoms with Crippen LogP contribution in [0.1, 0.15) is 34.1 Å². The molecule has 0 saturated heterocycles. The van der Waals surface area contributed by atoms with E-state index in [-0.39, 0.29) is 5.91 Å². The van der Waals surface area contributed by atoms with Gasteiger partial charge in [-0.05, 0) is 42.2 Å². The predicted octanol–water partition coefficient (Wildman–Crippen LogP) is 4.63. The van der Waals surface area contributed by atoms with Crippen LogP contribution in [0, 0.1) is 6.92 Å². The molecule has 3 aromatic rings. The smallest absolute Gasteiger partial charge is 0.270 e. The van der Waals surface area contributed by atoms with Gasteiger partial charge in [0, 0.05) is 24.1 Å². The number of nitrogens with zero attached hydrogens (tertiary/aromatic N) is 1. The van der Waals surface area contributed by atoms with Gasteiger partial charge < -0.3 is 10.6 Å². The highest BCUT2D eigenvalue weighted by molar-refractivity contribution is 5.93. The number of para-hydroxylation sites is 1. The molecule has 0 spiro atoms. The van der Waals surface area contributed by atoms with Crippen LogP contribution in [0.5, 0.6) is 0 Å². The van der Waals surface area contributed by atoms with Crippen LogP contribution in [0.15, 0.2) is 66.9 Å². The highest BCUT2D eigenvalue weighted by Gasteiger charge is 2.10. The van der Waals surface area contributed by atoms with Crippen molar-refractivity contribution >= 4 is 17.3 Å². The summed E-state index contributed by atoms with van der Waals surface area (Å²) in [6, 6.07) is 19.8. The van der Waals surface area contributed by atoms with E-state index in [1.54, 1.807) is 12.3 Å². The molecule has 132 valence electrons. The number of amides is 1. The molecule has 0 saturated carbocycles. The summed E-state index contributed by atoms with van der Waals surface area (Å²) in [5.74, 6) is -0.182. The van der Waals surface area contributed by atoms with Gasteiger partial charge in [0.1, 0.15) is 5.69 Å². The van der Waals surface area contributed by atoms with Gasteiger partial charge in [-0.2, -0.15) is 0 Å². The van der Waals surface area contributed by atoms with Crippen molar-refractivity contribution in [1.29, 1.82) is 0 Å². The molecule has 0 aliphatic rings. The van der Waals surface area contributed by atoms with Gasteiger partial charge in [0.05, 0.1) is 0 Å². The Morgan fingerprint density at radius 1 is 1.04 bits per heavy atom. The maximum Gasteiger partial charge on any atom is 0.270 e. The maximum atomic E-state index is 12.4. The molecule has 0 bridgehead atoms. The van der Waals surface area contributed by atoms with Gasteiger partial charge in [-0.3, -0.25) is 9.78 Å². The molecule has 1 amide bonds. The monoisotopic (exact) mass is 345 g/mol. The molecule has 0 fully saturated rings. The first kappa shape index (κ1) is 17.7.